The molecule has 2 aromatic carbocycles. The molecule has 1 fully saturated rings. The summed E-state index contributed by atoms with van der Waals surface area (Å²) >= 11 is 3.44. The van der Waals surface area contributed by atoms with Crippen LogP contribution in [0.25, 0.3) is 22.2 Å². The normalized spacial score (nSPS) is 18.7. The van der Waals surface area contributed by atoms with Gasteiger partial charge in [0, 0.05) is 27.5 Å². The number of pyridine rings is 1. The van der Waals surface area contributed by atoms with Crippen molar-refractivity contribution in [2.24, 2.45) is 0 Å². The van der Waals surface area contributed by atoms with E-state index in [-0.39, 0.29) is 24.6 Å². The minimum atomic E-state index is -0.511. The van der Waals surface area contributed by atoms with Crippen molar-refractivity contribution in [3.05, 3.63) is 64.6 Å². The molecule has 0 bridgehead atoms. The summed E-state index contributed by atoms with van der Waals surface area (Å²) in [5.41, 5.74) is 2.70. The Kier molecular flexibility index (Phi) is 6.37. The van der Waals surface area contributed by atoms with Crippen molar-refractivity contribution in [1.29, 1.82) is 0 Å². The lowest BCUT2D eigenvalue weighted by molar-refractivity contribution is -0.140. The zero-order valence-electron chi connectivity index (χ0n) is 17.7. The minimum Gasteiger partial charge on any atom is -0.452 e. The number of para-hydroxylation sites is 1. The molecule has 1 aliphatic heterocycles. The number of amides is 1. The van der Waals surface area contributed by atoms with Crippen LogP contribution in [0.4, 0.5) is 0 Å². The number of aromatic nitrogens is 1. The van der Waals surface area contributed by atoms with Gasteiger partial charge >= 0.3 is 5.97 Å². The largest absolute Gasteiger partial charge is 0.452 e. The van der Waals surface area contributed by atoms with E-state index < -0.39 is 5.97 Å². The number of carbonyl (C=O) groups excluding carboxylic acids is 2. The highest BCUT2D eigenvalue weighted by molar-refractivity contribution is 9.10. The Labute approximate surface area is 190 Å². The average molecular weight is 481 g/mol. The van der Waals surface area contributed by atoms with Gasteiger partial charge in [0.2, 0.25) is 0 Å². The maximum absolute atomic E-state index is 13.0. The van der Waals surface area contributed by atoms with Crippen LogP contribution in [0.2, 0.25) is 0 Å². The van der Waals surface area contributed by atoms with Gasteiger partial charge in [0.15, 0.2) is 6.61 Å². The second kappa shape index (κ2) is 9.18. The summed E-state index contributed by atoms with van der Waals surface area (Å²) in [6.45, 7) is 3.85. The van der Waals surface area contributed by atoms with Crippen molar-refractivity contribution in [1.82, 2.24) is 9.88 Å². The SMILES string of the molecule is CC1CCCC(C)N1C(=O)COC(=O)c1cc(-c2ccc(Br)cc2)nc2ccccc12. The van der Waals surface area contributed by atoms with E-state index in [1.165, 1.54) is 0 Å². The van der Waals surface area contributed by atoms with Gasteiger partial charge in [-0.15, -0.1) is 0 Å². The maximum atomic E-state index is 13.0. The monoisotopic (exact) mass is 480 g/mol. The molecule has 2 unspecified atom stereocenters. The molecule has 0 aliphatic carbocycles. The van der Waals surface area contributed by atoms with E-state index in [1.54, 1.807) is 6.07 Å². The highest BCUT2D eigenvalue weighted by atomic mass is 79.9. The van der Waals surface area contributed by atoms with Crippen molar-refractivity contribution < 1.29 is 14.3 Å². The molecule has 1 aromatic heterocycles. The van der Waals surface area contributed by atoms with Crippen LogP contribution in [0.5, 0.6) is 0 Å². The lowest BCUT2D eigenvalue weighted by Crippen LogP contribution is -2.49. The lowest BCUT2D eigenvalue weighted by Gasteiger charge is -2.38. The summed E-state index contributed by atoms with van der Waals surface area (Å²) in [6, 6.07) is 17.3. The smallest absolute Gasteiger partial charge is 0.339 e. The molecule has 1 amide bonds. The topological polar surface area (TPSA) is 59.5 Å². The maximum Gasteiger partial charge on any atom is 0.339 e. The first-order chi connectivity index (χ1) is 14.9. The van der Waals surface area contributed by atoms with Crippen LogP contribution in [-0.4, -0.2) is 40.5 Å². The fourth-order valence-corrected chi connectivity index (χ4v) is 4.57. The first-order valence-corrected chi connectivity index (χ1v) is 11.4. The molecule has 5 nitrogen and oxygen atoms in total. The molecule has 0 spiro atoms. The van der Waals surface area contributed by atoms with Crippen molar-refractivity contribution in [3.8, 4) is 11.3 Å². The molecule has 0 N–H and O–H groups in total. The number of rotatable bonds is 4. The quantitative estimate of drug-likeness (QED) is 0.455. The van der Waals surface area contributed by atoms with Crippen LogP contribution in [-0.2, 0) is 9.53 Å². The van der Waals surface area contributed by atoms with Crippen LogP contribution in [0, 0.1) is 0 Å². The fraction of sp³-hybridized carbons (Fsp3) is 0.320. The molecule has 160 valence electrons. The first-order valence-electron chi connectivity index (χ1n) is 10.6. The average Bonchev–Trinajstić information content (AvgIpc) is 2.77. The summed E-state index contributed by atoms with van der Waals surface area (Å²) in [5.74, 6) is -0.651. The highest BCUT2D eigenvalue weighted by Gasteiger charge is 2.29. The summed E-state index contributed by atoms with van der Waals surface area (Å²) in [5, 5.41) is 0.709. The predicted octanol–water partition coefficient (Wildman–Crippen LogP) is 5.61. The molecule has 1 aliphatic rings. The molecule has 2 heterocycles. The Morgan fingerprint density at radius 3 is 2.45 bits per heavy atom. The van der Waals surface area contributed by atoms with Crippen molar-refractivity contribution in [3.63, 3.8) is 0 Å². The van der Waals surface area contributed by atoms with Crippen molar-refractivity contribution >= 4 is 38.7 Å². The van der Waals surface area contributed by atoms with Crippen LogP contribution in [0.15, 0.2) is 59.1 Å². The van der Waals surface area contributed by atoms with E-state index in [0.29, 0.717) is 22.2 Å². The summed E-state index contributed by atoms with van der Waals surface area (Å²) in [6.07, 6.45) is 3.08. The summed E-state index contributed by atoms with van der Waals surface area (Å²) < 4.78 is 6.46. The van der Waals surface area contributed by atoms with Crippen LogP contribution in [0.1, 0.15) is 43.5 Å². The van der Waals surface area contributed by atoms with Gasteiger partial charge in [-0.05, 0) is 57.4 Å². The van der Waals surface area contributed by atoms with Crippen molar-refractivity contribution in [2.45, 2.75) is 45.2 Å². The Bertz CT molecular complexity index is 1100. The van der Waals surface area contributed by atoms with Gasteiger partial charge in [-0.1, -0.05) is 46.3 Å². The second-order valence-corrected chi connectivity index (χ2v) is 9.00. The third-order valence-electron chi connectivity index (χ3n) is 5.88. The number of piperidine rings is 1. The molecule has 31 heavy (non-hydrogen) atoms. The molecule has 4 rings (SSSR count). The fourth-order valence-electron chi connectivity index (χ4n) is 4.31. The van der Waals surface area contributed by atoms with Gasteiger partial charge < -0.3 is 9.64 Å². The highest BCUT2D eigenvalue weighted by Crippen LogP contribution is 2.27. The third-order valence-corrected chi connectivity index (χ3v) is 6.41. The van der Waals surface area contributed by atoms with E-state index in [1.807, 2.05) is 53.4 Å². The van der Waals surface area contributed by atoms with E-state index in [4.69, 9.17) is 9.72 Å². The van der Waals surface area contributed by atoms with Gasteiger partial charge in [0.25, 0.3) is 5.91 Å². The number of nitrogens with zero attached hydrogens (tertiary/aromatic N) is 2. The summed E-state index contributed by atoms with van der Waals surface area (Å²) in [7, 11) is 0. The first kappa shape index (κ1) is 21.5. The Hall–Kier alpha value is -2.73. The zero-order valence-corrected chi connectivity index (χ0v) is 19.3. The minimum absolute atomic E-state index is 0.139. The number of ether oxygens (including phenoxy) is 1. The molecular formula is C25H25BrN2O3. The molecule has 1 saturated heterocycles. The molecule has 2 atom stereocenters. The second-order valence-electron chi connectivity index (χ2n) is 8.09. The summed E-state index contributed by atoms with van der Waals surface area (Å²) in [4.78, 5) is 32.4. The predicted molar refractivity (Wildman–Crippen MR) is 125 cm³/mol. The Morgan fingerprint density at radius 1 is 1.06 bits per heavy atom. The number of halogens is 1. The van der Waals surface area contributed by atoms with Crippen molar-refractivity contribution in [2.75, 3.05) is 6.61 Å². The number of hydrogen-bond acceptors (Lipinski definition) is 4. The van der Waals surface area contributed by atoms with E-state index in [9.17, 15) is 9.59 Å². The van der Waals surface area contributed by atoms with Gasteiger partial charge in [-0.2, -0.15) is 0 Å². The van der Waals surface area contributed by atoms with Gasteiger partial charge in [-0.25, -0.2) is 9.78 Å². The lowest BCUT2D eigenvalue weighted by atomic mass is 9.97. The Morgan fingerprint density at radius 2 is 1.74 bits per heavy atom. The Balaban J connectivity index is 1.59. The number of carbonyl (C=O) groups is 2. The van der Waals surface area contributed by atoms with Gasteiger partial charge in [0.05, 0.1) is 16.8 Å². The van der Waals surface area contributed by atoms with Crippen LogP contribution >= 0.6 is 15.9 Å². The molecular weight excluding hydrogens is 456 g/mol. The number of fused-ring (bicyclic) bond motifs is 1. The number of likely N-dealkylation sites (tertiary alicyclic amines) is 1. The van der Waals surface area contributed by atoms with E-state index >= 15 is 0 Å². The third kappa shape index (κ3) is 4.64. The van der Waals surface area contributed by atoms with E-state index in [2.05, 4.69) is 29.8 Å². The molecule has 0 saturated carbocycles. The van der Waals surface area contributed by atoms with E-state index in [0.717, 1.165) is 29.3 Å². The van der Waals surface area contributed by atoms with Gasteiger partial charge in [0.1, 0.15) is 0 Å². The zero-order chi connectivity index (χ0) is 22.0. The number of benzene rings is 2. The van der Waals surface area contributed by atoms with Crippen LogP contribution in [0.3, 0.4) is 0 Å². The number of hydrogen-bond donors (Lipinski definition) is 0. The van der Waals surface area contributed by atoms with Crippen LogP contribution < -0.4 is 0 Å². The molecule has 6 heteroatoms. The molecule has 0 radical (unpaired) electrons. The van der Waals surface area contributed by atoms with Gasteiger partial charge in [-0.3, -0.25) is 4.79 Å². The number of esters is 1. The standard InChI is InChI=1S/C25H25BrN2O3/c1-16-6-5-7-17(2)28(16)24(29)15-31-25(30)21-14-23(18-10-12-19(26)13-11-18)27-22-9-4-3-8-20(21)22/h3-4,8-14,16-17H,5-7,15H2,1-2H3. The molecule has 3 aromatic rings.